The van der Waals surface area contributed by atoms with E-state index in [1.165, 1.54) is 0 Å². The Labute approximate surface area is 93.4 Å². The summed E-state index contributed by atoms with van der Waals surface area (Å²) in [5, 5.41) is 0. The zero-order chi connectivity index (χ0) is 11.4. The number of hydrogen-bond donors (Lipinski definition) is 0. The zero-order valence-electron chi connectivity index (χ0n) is 9.03. The zero-order valence-corrected chi connectivity index (χ0v) is 9.03. The van der Waals surface area contributed by atoms with Gasteiger partial charge < -0.3 is 4.74 Å². The highest BCUT2D eigenvalue weighted by molar-refractivity contribution is 6.17. The van der Waals surface area contributed by atoms with Crippen LogP contribution in [0.5, 0.6) is 0 Å². The third kappa shape index (κ3) is 0.932. The number of rotatable bonds is 2. The van der Waals surface area contributed by atoms with Crippen molar-refractivity contribution in [3.63, 3.8) is 0 Å². The van der Waals surface area contributed by atoms with Gasteiger partial charge in [0.05, 0.1) is 6.61 Å². The highest BCUT2D eigenvalue weighted by atomic mass is 16.5. The molecule has 0 aromatic heterocycles. The molecule has 1 heterocycles. The van der Waals surface area contributed by atoms with Gasteiger partial charge in [-0.1, -0.05) is 37.3 Å². The van der Waals surface area contributed by atoms with E-state index in [1.54, 1.807) is 12.1 Å². The van der Waals surface area contributed by atoms with Crippen molar-refractivity contribution in [3.8, 4) is 0 Å². The number of carbonyl (C=O) groups is 2. The molecule has 0 bridgehead atoms. The highest BCUT2D eigenvalue weighted by Gasteiger charge is 2.78. The predicted octanol–water partition coefficient (Wildman–Crippen LogP) is 1.82. The van der Waals surface area contributed by atoms with Crippen molar-refractivity contribution in [2.45, 2.75) is 13.3 Å². The summed E-state index contributed by atoms with van der Waals surface area (Å²) in [6, 6.07) is 8.98. The third-order valence-electron chi connectivity index (χ3n) is 3.85. The number of ketones is 1. The minimum absolute atomic E-state index is 0.0851. The molecule has 82 valence electrons. The van der Waals surface area contributed by atoms with Crippen LogP contribution in [-0.2, 0) is 9.53 Å². The summed E-state index contributed by atoms with van der Waals surface area (Å²) in [6.07, 6.45) is 0.632. The first-order chi connectivity index (χ1) is 7.60. The standard InChI is InChI=1S/C13H12O3/c1-12-7-13(12,11(15)16-8-12)10(14)9-5-3-2-4-6-9/h2-6H,7-8H2,1H3/t12-,13-/m0/s1. The first-order valence-electron chi connectivity index (χ1n) is 5.37. The van der Waals surface area contributed by atoms with Crippen molar-refractivity contribution >= 4 is 11.8 Å². The molecule has 1 aliphatic heterocycles. The van der Waals surface area contributed by atoms with Crippen molar-refractivity contribution in [1.82, 2.24) is 0 Å². The molecule has 2 atom stereocenters. The molecule has 2 fully saturated rings. The Kier molecular flexibility index (Phi) is 1.63. The van der Waals surface area contributed by atoms with Crippen LogP contribution >= 0.6 is 0 Å². The van der Waals surface area contributed by atoms with Crippen LogP contribution in [0.25, 0.3) is 0 Å². The summed E-state index contributed by atoms with van der Waals surface area (Å²) < 4.78 is 5.00. The topological polar surface area (TPSA) is 43.4 Å². The lowest BCUT2D eigenvalue weighted by molar-refractivity contribution is -0.143. The molecular weight excluding hydrogens is 204 g/mol. The SMILES string of the molecule is C[C@]12COC(=O)[C@@]1(C(=O)c1ccccc1)C2. The number of esters is 1. The smallest absolute Gasteiger partial charge is 0.320 e. The molecule has 3 nitrogen and oxygen atoms in total. The maximum absolute atomic E-state index is 12.3. The normalized spacial score (nSPS) is 35.4. The Morgan fingerprint density at radius 2 is 2.00 bits per heavy atom. The molecule has 0 unspecified atom stereocenters. The first kappa shape index (κ1) is 9.58. The largest absolute Gasteiger partial charge is 0.464 e. The Morgan fingerprint density at radius 1 is 1.31 bits per heavy atom. The average molecular weight is 216 g/mol. The average Bonchev–Trinajstić information content (AvgIpc) is 2.87. The molecule has 2 aliphatic rings. The Hall–Kier alpha value is -1.64. The van der Waals surface area contributed by atoms with Crippen LogP contribution < -0.4 is 0 Å². The van der Waals surface area contributed by atoms with Gasteiger partial charge in [-0.05, 0) is 6.42 Å². The number of hydrogen-bond acceptors (Lipinski definition) is 3. The van der Waals surface area contributed by atoms with Crippen LogP contribution in [0.3, 0.4) is 0 Å². The summed E-state index contributed by atoms with van der Waals surface area (Å²) in [5.41, 5.74) is -0.546. The minimum Gasteiger partial charge on any atom is -0.464 e. The van der Waals surface area contributed by atoms with Crippen LogP contribution in [0.4, 0.5) is 0 Å². The fourth-order valence-electron chi connectivity index (χ4n) is 2.66. The Balaban J connectivity index is 2.01. The van der Waals surface area contributed by atoms with Crippen LogP contribution in [0, 0.1) is 10.8 Å². The van der Waals surface area contributed by atoms with Gasteiger partial charge in [-0.3, -0.25) is 9.59 Å². The molecule has 0 radical (unpaired) electrons. The molecule has 1 aromatic rings. The second kappa shape index (κ2) is 2.73. The van der Waals surface area contributed by atoms with Gasteiger partial charge in [-0.25, -0.2) is 0 Å². The van der Waals surface area contributed by atoms with E-state index >= 15 is 0 Å². The minimum atomic E-state index is -0.881. The predicted molar refractivity (Wildman–Crippen MR) is 56.9 cm³/mol. The molecule has 1 aliphatic carbocycles. The van der Waals surface area contributed by atoms with Gasteiger partial charge in [0.15, 0.2) is 5.78 Å². The van der Waals surface area contributed by atoms with Crippen LogP contribution in [0.2, 0.25) is 0 Å². The van der Waals surface area contributed by atoms with E-state index in [1.807, 2.05) is 25.1 Å². The molecule has 0 spiro atoms. The van der Waals surface area contributed by atoms with Gasteiger partial charge >= 0.3 is 5.97 Å². The molecular formula is C13H12O3. The molecule has 0 N–H and O–H groups in total. The maximum Gasteiger partial charge on any atom is 0.320 e. The molecule has 1 saturated heterocycles. The van der Waals surface area contributed by atoms with E-state index in [-0.39, 0.29) is 17.2 Å². The summed E-state index contributed by atoms with van der Waals surface area (Å²) in [7, 11) is 0. The monoisotopic (exact) mass is 216 g/mol. The third-order valence-corrected chi connectivity index (χ3v) is 3.85. The molecule has 0 amide bonds. The number of fused-ring (bicyclic) bond motifs is 1. The van der Waals surface area contributed by atoms with E-state index in [2.05, 4.69) is 0 Å². The van der Waals surface area contributed by atoms with Gasteiger partial charge in [-0.2, -0.15) is 0 Å². The summed E-state index contributed by atoms with van der Waals surface area (Å²) in [5.74, 6) is -0.429. The van der Waals surface area contributed by atoms with E-state index in [0.29, 0.717) is 18.6 Å². The summed E-state index contributed by atoms with van der Waals surface area (Å²) in [6.45, 7) is 2.32. The number of benzene rings is 1. The summed E-state index contributed by atoms with van der Waals surface area (Å²) in [4.78, 5) is 24.0. The molecule has 3 heteroatoms. The van der Waals surface area contributed by atoms with Gasteiger partial charge in [-0.15, -0.1) is 0 Å². The number of cyclic esters (lactones) is 1. The highest BCUT2D eigenvalue weighted by Crippen LogP contribution is 2.69. The van der Waals surface area contributed by atoms with Gasteiger partial charge in [0.1, 0.15) is 5.41 Å². The van der Waals surface area contributed by atoms with Gasteiger partial charge in [0.2, 0.25) is 0 Å². The lowest BCUT2D eigenvalue weighted by Crippen LogP contribution is -2.26. The number of Topliss-reactive ketones (excluding diaryl/α,β-unsaturated/α-hetero) is 1. The molecule has 1 saturated carbocycles. The Morgan fingerprint density at radius 3 is 2.50 bits per heavy atom. The van der Waals surface area contributed by atoms with Crippen LogP contribution in [0.1, 0.15) is 23.7 Å². The van der Waals surface area contributed by atoms with Crippen LogP contribution in [0.15, 0.2) is 30.3 Å². The summed E-state index contributed by atoms with van der Waals surface area (Å²) >= 11 is 0. The van der Waals surface area contributed by atoms with E-state index in [4.69, 9.17) is 4.74 Å². The van der Waals surface area contributed by atoms with Gasteiger partial charge in [0.25, 0.3) is 0 Å². The van der Waals surface area contributed by atoms with Crippen LogP contribution in [-0.4, -0.2) is 18.4 Å². The second-order valence-electron chi connectivity index (χ2n) is 4.91. The molecule has 1 aromatic carbocycles. The van der Waals surface area contributed by atoms with Crippen molar-refractivity contribution < 1.29 is 14.3 Å². The number of carbonyl (C=O) groups excluding carboxylic acids is 2. The van der Waals surface area contributed by atoms with Crippen molar-refractivity contribution in [2.75, 3.05) is 6.61 Å². The fourth-order valence-corrected chi connectivity index (χ4v) is 2.66. The van der Waals surface area contributed by atoms with Crippen molar-refractivity contribution in [2.24, 2.45) is 10.8 Å². The molecule has 3 rings (SSSR count). The first-order valence-corrected chi connectivity index (χ1v) is 5.37. The van der Waals surface area contributed by atoms with E-state index < -0.39 is 5.41 Å². The van der Waals surface area contributed by atoms with Gasteiger partial charge in [0, 0.05) is 11.0 Å². The maximum atomic E-state index is 12.3. The van der Waals surface area contributed by atoms with E-state index in [0.717, 1.165) is 0 Å². The number of ether oxygens (including phenoxy) is 1. The van der Waals surface area contributed by atoms with E-state index in [9.17, 15) is 9.59 Å². The quantitative estimate of drug-likeness (QED) is 0.430. The van der Waals surface area contributed by atoms with Crippen molar-refractivity contribution in [3.05, 3.63) is 35.9 Å². The molecule has 16 heavy (non-hydrogen) atoms. The Bertz CT molecular complexity index is 479. The second-order valence-corrected chi connectivity index (χ2v) is 4.91. The lowest BCUT2D eigenvalue weighted by Gasteiger charge is -2.09. The lowest BCUT2D eigenvalue weighted by atomic mass is 9.89. The fraction of sp³-hybridized carbons (Fsp3) is 0.385. The van der Waals surface area contributed by atoms with Crippen molar-refractivity contribution in [1.29, 1.82) is 0 Å².